The van der Waals surface area contributed by atoms with Gasteiger partial charge in [0.2, 0.25) is 5.95 Å². The molecule has 3 rings (SSSR count). The number of hydrogen-bond acceptors (Lipinski definition) is 5. The fourth-order valence-electron chi connectivity index (χ4n) is 2.80. The zero-order chi connectivity index (χ0) is 15.7. The minimum Gasteiger partial charge on any atom is -0.368 e. The summed E-state index contributed by atoms with van der Waals surface area (Å²) in [6.45, 7) is 2.75. The maximum Gasteiger partial charge on any atom is 0.256 e. The summed E-state index contributed by atoms with van der Waals surface area (Å²) in [5, 5.41) is 4.32. The number of hydrogen-bond donors (Lipinski definition) is 1. The number of nitrogens with two attached hydrogens (primary N) is 1. The molecule has 1 aliphatic rings. The van der Waals surface area contributed by atoms with E-state index in [1.54, 1.807) is 19.4 Å². The minimum atomic E-state index is -0.110. The van der Waals surface area contributed by atoms with Crippen molar-refractivity contribution in [1.29, 1.82) is 0 Å². The van der Waals surface area contributed by atoms with Gasteiger partial charge in [0.05, 0.1) is 11.6 Å². The molecule has 22 heavy (non-hydrogen) atoms. The molecule has 0 aliphatic carbocycles. The predicted octanol–water partition coefficient (Wildman–Crippen LogP) is 1.33. The van der Waals surface area contributed by atoms with Gasteiger partial charge in [0.15, 0.2) is 5.82 Å². The highest BCUT2D eigenvalue weighted by Gasteiger charge is 2.33. The number of anilines is 1. The second kappa shape index (κ2) is 5.75. The molecule has 2 aromatic heterocycles. The van der Waals surface area contributed by atoms with Crippen LogP contribution in [0.2, 0.25) is 0 Å². The molecule has 7 heteroatoms. The van der Waals surface area contributed by atoms with Crippen LogP contribution in [0.1, 0.15) is 47.6 Å². The number of likely N-dealkylation sites (tertiary alicyclic amines) is 1. The summed E-state index contributed by atoms with van der Waals surface area (Å²) >= 11 is 0. The molecule has 7 nitrogen and oxygen atoms in total. The Balaban J connectivity index is 1.87. The topological polar surface area (TPSA) is 89.9 Å². The van der Waals surface area contributed by atoms with E-state index in [2.05, 4.69) is 15.1 Å². The van der Waals surface area contributed by atoms with Crippen LogP contribution in [0.3, 0.4) is 0 Å². The summed E-state index contributed by atoms with van der Waals surface area (Å²) in [6, 6.07) is 1.80. The van der Waals surface area contributed by atoms with Crippen LogP contribution in [0.5, 0.6) is 0 Å². The molecule has 1 saturated heterocycles. The molecule has 0 radical (unpaired) electrons. The molecular weight excluding hydrogens is 280 g/mol. The number of carbonyl (C=O) groups excluding carboxylic acids is 1. The molecule has 0 aromatic carbocycles. The first-order valence-electron chi connectivity index (χ1n) is 7.51. The van der Waals surface area contributed by atoms with E-state index in [0.717, 1.165) is 24.8 Å². The Morgan fingerprint density at radius 2 is 2.27 bits per heavy atom. The van der Waals surface area contributed by atoms with Gasteiger partial charge in [-0.1, -0.05) is 6.92 Å². The third kappa shape index (κ3) is 2.54. The Kier molecular flexibility index (Phi) is 3.79. The molecule has 2 aromatic rings. The van der Waals surface area contributed by atoms with Crippen LogP contribution in [0.25, 0.3) is 0 Å². The van der Waals surface area contributed by atoms with Gasteiger partial charge in [-0.2, -0.15) is 10.1 Å². The highest BCUT2D eigenvalue weighted by Crippen LogP contribution is 2.31. The van der Waals surface area contributed by atoms with Crippen molar-refractivity contribution in [2.24, 2.45) is 7.05 Å². The fraction of sp³-hybridized carbons (Fsp3) is 0.467. The van der Waals surface area contributed by atoms with Gasteiger partial charge in [0.25, 0.3) is 5.91 Å². The van der Waals surface area contributed by atoms with Gasteiger partial charge in [0, 0.05) is 26.0 Å². The lowest BCUT2D eigenvalue weighted by molar-refractivity contribution is 0.0729. The van der Waals surface area contributed by atoms with E-state index < -0.39 is 0 Å². The van der Waals surface area contributed by atoms with Crippen LogP contribution in [0.15, 0.2) is 18.5 Å². The largest absolute Gasteiger partial charge is 0.368 e. The summed E-state index contributed by atoms with van der Waals surface area (Å²) in [4.78, 5) is 23.0. The van der Waals surface area contributed by atoms with E-state index in [-0.39, 0.29) is 11.9 Å². The number of nitrogen functional groups attached to an aromatic ring is 1. The zero-order valence-corrected chi connectivity index (χ0v) is 12.9. The molecule has 116 valence electrons. The highest BCUT2D eigenvalue weighted by molar-refractivity contribution is 5.94. The average molecular weight is 300 g/mol. The number of pyridine rings is 1. The molecular formula is C15H20N6O. The van der Waals surface area contributed by atoms with Crippen molar-refractivity contribution in [3.05, 3.63) is 35.4 Å². The maximum atomic E-state index is 12.8. The molecule has 2 N–H and O–H groups in total. The van der Waals surface area contributed by atoms with E-state index in [1.165, 1.54) is 4.68 Å². The van der Waals surface area contributed by atoms with Crippen LogP contribution in [-0.2, 0) is 13.5 Å². The molecule has 0 spiro atoms. The number of rotatable bonds is 3. The Labute approximate surface area is 129 Å². The van der Waals surface area contributed by atoms with Crippen molar-refractivity contribution >= 4 is 11.9 Å². The number of nitrogens with zero attached hydrogens (tertiary/aromatic N) is 5. The molecule has 1 aliphatic heterocycles. The van der Waals surface area contributed by atoms with E-state index in [9.17, 15) is 4.79 Å². The average Bonchev–Trinajstić information content (AvgIpc) is 3.14. The van der Waals surface area contributed by atoms with Crippen LogP contribution >= 0.6 is 0 Å². The van der Waals surface area contributed by atoms with Crippen LogP contribution in [0.4, 0.5) is 5.95 Å². The summed E-state index contributed by atoms with van der Waals surface area (Å²) in [7, 11) is 1.75. The lowest BCUT2D eigenvalue weighted by Gasteiger charge is -2.22. The van der Waals surface area contributed by atoms with Crippen molar-refractivity contribution < 1.29 is 4.79 Å². The second-order valence-corrected chi connectivity index (χ2v) is 5.54. The molecule has 1 atom stereocenters. The van der Waals surface area contributed by atoms with Crippen molar-refractivity contribution in [2.75, 3.05) is 12.3 Å². The summed E-state index contributed by atoms with van der Waals surface area (Å²) in [5.74, 6) is 0.964. The van der Waals surface area contributed by atoms with E-state index in [4.69, 9.17) is 5.73 Å². The first-order chi connectivity index (χ1) is 10.6. The van der Waals surface area contributed by atoms with Crippen molar-refractivity contribution in [3.8, 4) is 0 Å². The van der Waals surface area contributed by atoms with E-state index in [0.29, 0.717) is 23.9 Å². The maximum absolute atomic E-state index is 12.8. The third-order valence-corrected chi connectivity index (χ3v) is 4.07. The van der Waals surface area contributed by atoms with Crippen molar-refractivity contribution in [1.82, 2.24) is 24.6 Å². The second-order valence-electron chi connectivity index (χ2n) is 5.54. The quantitative estimate of drug-likeness (QED) is 0.923. The van der Waals surface area contributed by atoms with E-state index in [1.807, 2.05) is 17.9 Å². The predicted molar refractivity (Wildman–Crippen MR) is 82.0 cm³/mol. The molecule has 1 amide bonds. The number of amides is 1. The van der Waals surface area contributed by atoms with Gasteiger partial charge in [-0.15, -0.1) is 0 Å². The third-order valence-electron chi connectivity index (χ3n) is 4.07. The minimum absolute atomic E-state index is 0.0173. The smallest absolute Gasteiger partial charge is 0.256 e. The monoisotopic (exact) mass is 300 g/mol. The first kappa shape index (κ1) is 14.5. The Morgan fingerprint density at radius 3 is 2.95 bits per heavy atom. The highest BCUT2D eigenvalue weighted by atomic mass is 16.2. The van der Waals surface area contributed by atoms with Gasteiger partial charge < -0.3 is 10.6 Å². The van der Waals surface area contributed by atoms with Gasteiger partial charge in [-0.3, -0.25) is 9.78 Å². The van der Waals surface area contributed by atoms with Gasteiger partial charge >= 0.3 is 0 Å². The summed E-state index contributed by atoms with van der Waals surface area (Å²) in [6.07, 6.45) is 6.07. The fourth-order valence-corrected chi connectivity index (χ4v) is 2.80. The first-order valence-corrected chi connectivity index (χ1v) is 7.51. The SMILES string of the molecule is CCc1cncc(C(=O)N2CCCC2c2nc(N)n(C)n2)c1. The molecule has 0 bridgehead atoms. The Hall–Kier alpha value is -2.44. The summed E-state index contributed by atoms with van der Waals surface area (Å²) < 4.78 is 1.54. The van der Waals surface area contributed by atoms with Crippen molar-refractivity contribution in [2.45, 2.75) is 32.2 Å². The Bertz CT molecular complexity index is 676. The van der Waals surface area contributed by atoms with Crippen molar-refractivity contribution in [3.63, 3.8) is 0 Å². The Morgan fingerprint density at radius 1 is 1.45 bits per heavy atom. The van der Waals surface area contributed by atoms with Gasteiger partial charge in [0.1, 0.15) is 0 Å². The molecule has 3 heterocycles. The van der Waals surface area contributed by atoms with Crippen LogP contribution in [0, 0.1) is 0 Å². The normalized spacial score (nSPS) is 17.9. The van der Waals surface area contributed by atoms with E-state index >= 15 is 0 Å². The van der Waals surface area contributed by atoms with Gasteiger partial charge in [-0.05, 0) is 30.9 Å². The molecule has 0 saturated carbocycles. The lowest BCUT2D eigenvalue weighted by Crippen LogP contribution is -2.31. The zero-order valence-electron chi connectivity index (χ0n) is 12.9. The standard InChI is InChI=1S/C15H20N6O/c1-3-10-7-11(9-17-8-10)14(22)21-6-4-5-12(21)13-18-15(16)20(2)19-13/h7-9,12H,3-6H2,1-2H3,(H2,16,18,19). The molecule has 1 unspecified atom stereocenters. The van der Waals surface area contributed by atoms with Gasteiger partial charge in [-0.25, -0.2) is 4.68 Å². The van der Waals surface area contributed by atoms with Crippen LogP contribution in [-0.4, -0.2) is 37.1 Å². The lowest BCUT2D eigenvalue weighted by atomic mass is 10.1. The van der Waals surface area contributed by atoms with Crippen LogP contribution < -0.4 is 5.73 Å². The number of aromatic nitrogens is 4. The summed E-state index contributed by atoms with van der Waals surface area (Å²) in [5.41, 5.74) is 7.43. The number of carbonyl (C=O) groups is 1. The number of aryl methyl sites for hydroxylation is 2. The molecule has 1 fully saturated rings.